The van der Waals surface area contributed by atoms with Gasteiger partial charge in [0.05, 0.1) is 13.5 Å². The van der Waals surface area contributed by atoms with Crippen molar-refractivity contribution < 1.29 is 14.3 Å². The van der Waals surface area contributed by atoms with Crippen LogP contribution in [0.25, 0.3) is 0 Å². The second-order valence-electron chi connectivity index (χ2n) is 4.91. The molecule has 6 heteroatoms. The van der Waals surface area contributed by atoms with Gasteiger partial charge in [-0.3, -0.25) is 9.59 Å². The number of para-hydroxylation sites is 1. The van der Waals surface area contributed by atoms with Crippen LogP contribution in [0.5, 0.6) is 5.75 Å². The van der Waals surface area contributed by atoms with Gasteiger partial charge in [0.2, 0.25) is 11.8 Å². The van der Waals surface area contributed by atoms with Crippen molar-refractivity contribution in [3.8, 4) is 5.75 Å². The van der Waals surface area contributed by atoms with E-state index in [4.69, 9.17) is 4.74 Å². The smallest absolute Gasteiger partial charge is 0.243 e. The largest absolute Gasteiger partial charge is 0.496 e. The van der Waals surface area contributed by atoms with E-state index in [2.05, 4.69) is 10.6 Å². The number of nitrogens with one attached hydrogen (secondary N) is 2. The van der Waals surface area contributed by atoms with E-state index in [1.54, 1.807) is 19.1 Å². The standard InChI is InChI=1S/C15H21N3O3/c1-16-15(20)12-10-17-7-8-18(12)14(19)9-11-5-3-4-6-13(11)21-2/h3-6,12,17H,7-10H2,1-2H3,(H,16,20)/t12-/m1/s1. The number of rotatable bonds is 4. The molecule has 21 heavy (non-hydrogen) atoms. The van der Waals surface area contributed by atoms with Gasteiger partial charge in [0, 0.05) is 32.2 Å². The highest BCUT2D eigenvalue weighted by Gasteiger charge is 2.31. The summed E-state index contributed by atoms with van der Waals surface area (Å²) < 4.78 is 5.27. The van der Waals surface area contributed by atoms with Gasteiger partial charge in [-0.15, -0.1) is 0 Å². The lowest BCUT2D eigenvalue weighted by atomic mass is 10.1. The first-order valence-electron chi connectivity index (χ1n) is 7.01. The molecule has 0 radical (unpaired) electrons. The van der Waals surface area contributed by atoms with Crippen LogP contribution in [0.2, 0.25) is 0 Å². The molecule has 1 fully saturated rings. The zero-order chi connectivity index (χ0) is 15.2. The number of hydrogen-bond acceptors (Lipinski definition) is 4. The van der Waals surface area contributed by atoms with Crippen LogP contribution in [0.4, 0.5) is 0 Å². The zero-order valence-corrected chi connectivity index (χ0v) is 12.4. The number of hydrogen-bond donors (Lipinski definition) is 2. The molecular formula is C15H21N3O3. The molecule has 0 saturated carbocycles. The van der Waals surface area contributed by atoms with Crippen LogP contribution in [0.15, 0.2) is 24.3 Å². The lowest BCUT2D eigenvalue weighted by Crippen LogP contribution is -2.59. The molecule has 1 aliphatic heterocycles. The Bertz CT molecular complexity index is 519. The highest BCUT2D eigenvalue weighted by atomic mass is 16.5. The van der Waals surface area contributed by atoms with Gasteiger partial charge in [-0.25, -0.2) is 0 Å². The van der Waals surface area contributed by atoms with E-state index in [0.29, 0.717) is 25.4 Å². The van der Waals surface area contributed by atoms with Crippen molar-refractivity contribution in [1.82, 2.24) is 15.5 Å². The number of carbonyl (C=O) groups is 2. The molecule has 0 aliphatic carbocycles. The SMILES string of the molecule is CNC(=O)[C@H]1CNCCN1C(=O)Cc1ccccc1OC. The lowest BCUT2D eigenvalue weighted by Gasteiger charge is -2.35. The normalized spacial score (nSPS) is 18.2. The molecule has 1 aromatic rings. The van der Waals surface area contributed by atoms with Crippen LogP contribution in [-0.2, 0) is 16.0 Å². The van der Waals surface area contributed by atoms with Crippen LogP contribution in [-0.4, -0.2) is 56.5 Å². The fraction of sp³-hybridized carbons (Fsp3) is 0.467. The van der Waals surface area contributed by atoms with Crippen molar-refractivity contribution >= 4 is 11.8 Å². The number of piperazine rings is 1. The van der Waals surface area contributed by atoms with Gasteiger partial charge in [0.1, 0.15) is 11.8 Å². The Kier molecular flexibility index (Phi) is 5.16. The van der Waals surface area contributed by atoms with Gasteiger partial charge in [0.25, 0.3) is 0 Å². The van der Waals surface area contributed by atoms with Crippen LogP contribution in [0.1, 0.15) is 5.56 Å². The number of likely N-dealkylation sites (N-methyl/N-ethyl adjacent to an activating group) is 1. The summed E-state index contributed by atoms with van der Waals surface area (Å²) in [5, 5.41) is 5.75. The maximum atomic E-state index is 12.5. The van der Waals surface area contributed by atoms with E-state index in [0.717, 1.165) is 5.56 Å². The van der Waals surface area contributed by atoms with Crippen molar-refractivity contribution in [3.05, 3.63) is 29.8 Å². The molecule has 6 nitrogen and oxygen atoms in total. The second-order valence-corrected chi connectivity index (χ2v) is 4.91. The second kappa shape index (κ2) is 7.08. The number of ether oxygens (including phenoxy) is 1. The molecule has 2 N–H and O–H groups in total. The molecule has 2 rings (SSSR count). The van der Waals surface area contributed by atoms with E-state index in [9.17, 15) is 9.59 Å². The van der Waals surface area contributed by atoms with Gasteiger partial charge in [-0.05, 0) is 6.07 Å². The summed E-state index contributed by atoms with van der Waals surface area (Å²) in [6.45, 7) is 1.72. The highest BCUT2D eigenvalue weighted by molar-refractivity contribution is 5.89. The third kappa shape index (κ3) is 3.52. The summed E-state index contributed by atoms with van der Waals surface area (Å²) in [4.78, 5) is 26.1. The molecule has 0 aromatic heterocycles. The predicted molar refractivity (Wildman–Crippen MR) is 79.1 cm³/mol. The monoisotopic (exact) mass is 291 g/mol. The van der Waals surface area contributed by atoms with Crippen molar-refractivity contribution in [1.29, 1.82) is 0 Å². The number of nitrogens with zero attached hydrogens (tertiary/aromatic N) is 1. The molecule has 1 saturated heterocycles. The highest BCUT2D eigenvalue weighted by Crippen LogP contribution is 2.19. The minimum absolute atomic E-state index is 0.0606. The minimum atomic E-state index is -0.453. The maximum Gasteiger partial charge on any atom is 0.243 e. The molecule has 1 aromatic carbocycles. The fourth-order valence-electron chi connectivity index (χ4n) is 2.52. The lowest BCUT2D eigenvalue weighted by molar-refractivity contribution is -0.140. The summed E-state index contributed by atoms with van der Waals surface area (Å²) in [6.07, 6.45) is 0.234. The van der Waals surface area contributed by atoms with Crippen molar-refractivity contribution in [3.63, 3.8) is 0 Å². The average molecular weight is 291 g/mol. The summed E-state index contributed by atoms with van der Waals surface area (Å²) >= 11 is 0. The van der Waals surface area contributed by atoms with E-state index in [-0.39, 0.29) is 18.2 Å². The predicted octanol–water partition coefficient (Wildman–Crippen LogP) is -0.216. The quantitative estimate of drug-likeness (QED) is 0.805. The van der Waals surface area contributed by atoms with Crippen LogP contribution >= 0.6 is 0 Å². The minimum Gasteiger partial charge on any atom is -0.496 e. The third-order valence-corrected chi connectivity index (χ3v) is 3.65. The number of methoxy groups -OCH3 is 1. The summed E-state index contributed by atoms with van der Waals surface area (Å²) in [5.74, 6) is 0.489. The van der Waals surface area contributed by atoms with Gasteiger partial charge >= 0.3 is 0 Å². The summed E-state index contributed by atoms with van der Waals surface area (Å²) in [6, 6.07) is 6.99. The molecule has 114 valence electrons. The average Bonchev–Trinajstić information content (AvgIpc) is 2.54. The number of amides is 2. The Labute approximate surface area is 124 Å². The number of benzene rings is 1. The van der Waals surface area contributed by atoms with E-state index in [1.165, 1.54) is 0 Å². The Balaban J connectivity index is 2.12. The Morgan fingerprint density at radius 2 is 2.19 bits per heavy atom. The van der Waals surface area contributed by atoms with Crippen LogP contribution in [0.3, 0.4) is 0 Å². The van der Waals surface area contributed by atoms with Gasteiger partial charge in [0.15, 0.2) is 0 Å². The topological polar surface area (TPSA) is 70.7 Å². The first-order chi connectivity index (χ1) is 10.2. The molecule has 0 spiro atoms. The van der Waals surface area contributed by atoms with E-state index < -0.39 is 6.04 Å². The van der Waals surface area contributed by atoms with E-state index in [1.807, 2.05) is 24.3 Å². The van der Waals surface area contributed by atoms with Crippen LogP contribution < -0.4 is 15.4 Å². The van der Waals surface area contributed by atoms with Crippen molar-refractivity contribution in [2.24, 2.45) is 0 Å². The number of carbonyl (C=O) groups excluding carboxylic acids is 2. The zero-order valence-electron chi connectivity index (χ0n) is 12.4. The molecule has 2 amide bonds. The van der Waals surface area contributed by atoms with Crippen molar-refractivity contribution in [2.75, 3.05) is 33.8 Å². The Morgan fingerprint density at radius 1 is 1.43 bits per heavy atom. The maximum absolute atomic E-state index is 12.5. The Hall–Kier alpha value is -2.08. The van der Waals surface area contributed by atoms with Crippen LogP contribution in [0, 0.1) is 0 Å². The molecule has 1 heterocycles. The van der Waals surface area contributed by atoms with E-state index >= 15 is 0 Å². The van der Waals surface area contributed by atoms with Gasteiger partial charge < -0.3 is 20.3 Å². The molecular weight excluding hydrogens is 270 g/mol. The summed E-state index contributed by atoms with van der Waals surface area (Å²) in [7, 11) is 3.17. The van der Waals surface area contributed by atoms with Crippen molar-refractivity contribution in [2.45, 2.75) is 12.5 Å². The van der Waals surface area contributed by atoms with Gasteiger partial charge in [-0.1, -0.05) is 18.2 Å². The molecule has 0 unspecified atom stereocenters. The molecule has 1 atom stereocenters. The first-order valence-corrected chi connectivity index (χ1v) is 7.01. The Morgan fingerprint density at radius 3 is 2.90 bits per heavy atom. The molecule has 1 aliphatic rings. The van der Waals surface area contributed by atoms with Gasteiger partial charge in [-0.2, -0.15) is 0 Å². The third-order valence-electron chi connectivity index (χ3n) is 3.65. The summed E-state index contributed by atoms with van der Waals surface area (Å²) in [5.41, 5.74) is 0.833. The molecule has 0 bridgehead atoms. The first kappa shape index (κ1) is 15.3. The fourth-order valence-corrected chi connectivity index (χ4v) is 2.52.